The molecule has 1 saturated heterocycles. The summed E-state index contributed by atoms with van der Waals surface area (Å²) in [6.45, 7) is 3.50. The van der Waals surface area contributed by atoms with E-state index in [9.17, 15) is 0 Å². The third-order valence-corrected chi connectivity index (χ3v) is 5.56. The van der Waals surface area contributed by atoms with Gasteiger partial charge in [-0.15, -0.1) is 0 Å². The Labute approximate surface area is 157 Å². The van der Waals surface area contributed by atoms with E-state index in [4.69, 9.17) is 11.6 Å². The molecular weight excluding hydrogens is 328 g/mol. The number of benzene rings is 2. The van der Waals surface area contributed by atoms with Gasteiger partial charge in [-0.1, -0.05) is 54.1 Å². The molecule has 3 rings (SSSR count). The number of likely N-dealkylation sites (tertiary alicyclic amines) is 1. The van der Waals surface area contributed by atoms with Crippen LogP contribution in [0.15, 0.2) is 54.6 Å². The van der Waals surface area contributed by atoms with Crippen molar-refractivity contribution in [3.05, 3.63) is 70.7 Å². The van der Waals surface area contributed by atoms with Crippen molar-refractivity contribution in [2.45, 2.75) is 37.6 Å². The predicted molar refractivity (Wildman–Crippen MR) is 107 cm³/mol. The molecule has 3 heteroatoms. The van der Waals surface area contributed by atoms with Crippen LogP contribution in [-0.4, -0.2) is 37.6 Å². The number of piperidine rings is 1. The van der Waals surface area contributed by atoms with Gasteiger partial charge in [-0.3, -0.25) is 0 Å². The van der Waals surface area contributed by atoms with Crippen molar-refractivity contribution >= 4 is 11.6 Å². The molecule has 1 atom stereocenters. The van der Waals surface area contributed by atoms with Crippen molar-refractivity contribution in [3.63, 3.8) is 0 Å². The quantitative estimate of drug-likeness (QED) is 0.770. The smallest absolute Gasteiger partial charge is 0.0406 e. The fraction of sp³-hybridized carbons (Fsp3) is 0.455. The molecule has 134 valence electrons. The van der Waals surface area contributed by atoms with Crippen LogP contribution < -0.4 is 5.32 Å². The first-order valence-electron chi connectivity index (χ1n) is 9.42. The highest BCUT2D eigenvalue weighted by Crippen LogP contribution is 2.25. The van der Waals surface area contributed by atoms with Crippen molar-refractivity contribution < 1.29 is 0 Å². The third kappa shape index (κ3) is 5.85. The molecule has 1 aliphatic rings. The second kappa shape index (κ2) is 9.38. The maximum absolute atomic E-state index is 6.08. The second-order valence-electron chi connectivity index (χ2n) is 7.26. The lowest BCUT2D eigenvalue weighted by molar-refractivity contribution is 0.234. The fourth-order valence-corrected chi connectivity index (χ4v) is 3.82. The van der Waals surface area contributed by atoms with Crippen LogP contribution in [0, 0.1) is 0 Å². The summed E-state index contributed by atoms with van der Waals surface area (Å²) in [6, 6.07) is 19.9. The lowest BCUT2D eigenvalue weighted by Gasteiger charge is -2.30. The largest absolute Gasteiger partial charge is 0.314 e. The highest BCUT2D eigenvalue weighted by Gasteiger charge is 2.17. The van der Waals surface area contributed by atoms with Crippen molar-refractivity contribution in [1.82, 2.24) is 10.2 Å². The summed E-state index contributed by atoms with van der Waals surface area (Å²) >= 11 is 6.08. The molecule has 0 aliphatic carbocycles. The molecule has 0 saturated carbocycles. The van der Waals surface area contributed by atoms with Gasteiger partial charge in [-0.2, -0.15) is 0 Å². The predicted octanol–water partition coefficient (Wildman–Crippen LogP) is 4.74. The van der Waals surface area contributed by atoms with E-state index >= 15 is 0 Å². The number of halogens is 1. The molecule has 0 amide bonds. The van der Waals surface area contributed by atoms with Crippen LogP contribution in [0.2, 0.25) is 5.02 Å². The highest BCUT2D eigenvalue weighted by atomic mass is 35.5. The molecular formula is C22H29ClN2. The van der Waals surface area contributed by atoms with Gasteiger partial charge in [0.2, 0.25) is 0 Å². The minimum Gasteiger partial charge on any atom is -0.314 e. The molecule has 25 heavy (non-hydrogen) atoms. The Morgan fingerprint density at radius 2 is 1.72 bits per heavy atom. The van der Waals surface area contributed by atoms with Crippen molar-refractivity contribution in [2.24, 2.45) is 0 Å². The topological polar surface area (TPSA) is 15.3 Å². The van der Waals surface area contributed by atoms with E-state index in [2.05, 4.69) is 59.7 Å². The van der Waals surface area contributed by atoms with Crippen LogP contribution in [0.5, 0.6) is 0 Å². The average molecular weight is 357 g/mol. The standard InChI is InChI=1S/C22H29ClN2/c1-25-15-12-22(13-16-25)24-14-11-20(17-18-5-3-2-4-6-18)19-7-9-21(23)10-8-19/h2-10,20,22,24H,11-17H2,1H3. The summed E-state index contributed by atoms with van der Waals surface area (Å²) in [4.78, 5) is 2.42. The molecule has 1 unspecified atom stereocenters. The van der Waals surface area contributed by atoms with Gasteiger partial charge >= 0.3 is 0 Å². The maximum Gasteiger partial charge on any atom is 0.0406 e. The molecule has 1 fully saturated rings. The lowest BCUT2D eigenvalue weighted by Crippen LogP contribution is -2.41. The minimum atomic E-state index is 0.526. The van der Waals surface area contributed by atoms with Gasteiger partial charge in [0, 0.05) is 11.1 Å². The van der Waals surface area contributed by atoms with Crippen LogP contribution in [-0.2, 0) is 6.42 Å². The van der Waals surface area contributed by atoms with Crippen LogP contribution in [0.4, 0.5) is 0 Å². The van der Waals surface area contributed by atoms with Gasteiger partial charge in [0.15, 0.2) is 0 Å². The lowest BCUT2D eigenvalue weighted by atomic mass is 9.89. The molecule has 0 bridgehead atoms. The molecule has 1 N–H and O–H groups in total. The molecule has 0 radical (unpaired) electrons. The summed E-state index contributed by atoms with van der Waals surface area (Å²) < 4.78 is 0. The summed E-state index contributed by atoms with van der Waals surface area (Å²) in [6.07, 6.45) is 4.77. The van der Waals surface area contributed by atoms with Crippen molar-refractivity contribution in [3.8, 4) is 0 Å². The van der Waals surface area contributed by atoms with Gasteiger partial charge < -0.3 is 10.2 Å². The molecule has 2 nitrogen and oxygen atoms in total. The number of rotatable bonds is 7. The Balaban J connectivity index is 1.59. The first-order chi connectivity index (χ1) is 12.2. The Morgan fingerprint density at radius 1 is 1.04 bits per heavy atom. The molecule has 2 aromatic carbocycles. The summed E-state index contributed by atoms with van der Waals surface area (Å²) in [5.41, 5.74) is 2.79. The summed E-state index contributed by atoms with van der Waals surface area (Å²) in [7, 11) is 2.21. The molecule has 2 aromatic rings. The Kier molecular flexibility index (Phi) is 6.92. The van der Waals surface area contributed by atoms with E-state index in [0.29, 0.717) is 12.0 Å². The summed E-state index contributed by atoms with van der Waals surface area (Å²) in [5, 5.41) is 4.60. The zero-order valence-corrected chi connectivity index (χ0v) is 15.9. The van der Waals surface area contributed by atoms with E-state index < -0.39 is 0 Å². The normalized spacial score (nSPS) is 17.5. The minimum absolute atomic E-state index is 0.526. The highest BCUT2D eigenvalue weighted by molar-refractivity contribution is 6.30. The Morgan fingerprint density at radius 3 is 2.40 bits per heavy atom. The Bertz CT molecular complexity index is 618. The third-order valence-electron chi connectivity index (χ3n) is 5.31. The molecule has 0 aromatic heterocycles. The average Bonchev–Trinajstić information content (AvgIpc) is 2.64. The first-order valence-corrected chi connectivity index (χ1v) is 9.80. The SMILES string of the molecule is CN1CCC(NCCC(Cc2ccccc2)c2ccc(Cl)cc2)CC1. The van der Waals surface area contributed by atoms with E-state index in [1.807, 2.05) is 12.1 Å². The monoisotopic (exact) mass is 356 g/mol. The zero-order valence-electron chi connectivity index (χ0n) is 15.1. The van der Waals surface area contributed by atoms with Gasteiger partial charge in [0.05, 0.1) is 0 Å². The van der Waals surface area contributed by atoms with Gasteiger partial charge in [0.25, 0.3) is 0 Å². The Hall–Kier alpha value is -1.35. The zero-order chi connectivity index (χ0) is 17.5. The van der Waals surface area contributed by atoms with Crippen LogP contribution in [0.25, 0.3) is 0 Å². The maximum atomic E-state index is 6.08. The van der Waals surface area contributed by atoms with Crippen molar-refractivity contribution in [1.29, 1.82) is 0 Å². The van der Waals surface area contributed by atoms with E-state index in [-0.39, 0.29) is 0 Å². The van der Waals surface area contributed by atoms with Gasteiger partial charge in [-0.05, 0) is 81.5 Å². The van der Waals surface area contributed by atoms with Crippen LogP contribution in [0.1, 0.15) is 36.3 Å². The number of nitrogens with one attached hydrogen (secondary N) is 1. The molecule has 1 aliphatic heterocycles. The number of hydrogen-bond donors (Lipinski definition) is 1. The molecule has 1 heterocycles. The van der Waals surface area contributed by atoms with Crippen LogP contribution >= 0.6 is 11.6 Å². The van der Waals surface area contributed by atoms with E-state index in [1.54, 1.807) is 0 Å². The van der Waals surface area contributed by atoms with Gasteiger partial charge in [0.1, 0.15) is 0 Å². The van der Waals surface area contributed by atoms with Gasteiger partial charge in [-0.25, -0.2) is 0 Å². The number of nitrogens with zero attached hydrogens (tertiary/aromatic N) is 1. The van der Waals surface area contributed by atoms with E-state index in [1.165, 1.54) is 37.1 Å². The summed E-state index contributed by atoms with van der Waals surface area (Å²) in [5.74, 6) is 0.526. The molecule has 0 spiro atoms. The van der Waals surface area contributed by atoms with Crippen molar-refractivity contribution in [2.75, 3.05) is 26.7 Å². The second-order valence-corrected chi connectivity index (χ2v) is 7.69. The fourth-order valence-electron chi connectivity index (χ4n) is 3.69. The first kappa shape index (κ1) is 18.4. The van der Waals surface area contributed by atoms with E-state index in [0.717, 1.165) is 24.4 Å². The number of hydrogen-bond acceptors (Lipinski definition) is 2. The van der Waals surface area contributed by atoms with Crippen LogP contribution in [0.3, 0.4) is 0 Å².